The van der Waals surface area contributed by atoms with Crippen LogP contribution in [0.3, 0.4) is 0 Å². The Morgan fingerprint density at radius 3 is 1.91 bits per heavy atom. The fraction of sp³-hybridized carbons (Fsp3) is 0.0345. The summed E-state index contributed by atoms with van der Waals surface area (Å²) >= 11 is 0. The van der Waals surface area contributed by atoms with Gasteiger partial charge in [-0.1, -0.05) is 54.6 Å². The Kier molecular flexibility index (Phi) is 8.77. The van der Waals surface area contributed by atoms with E-state index in [1.165, 1.54) is 17.7 Å². The number of pyridine rings is 2. The summed E-state index contributed by atoms with van der Waals surface area (Å²) < 4.78 is 12.6. The van der Waals surface area contributed by atoms with Crippen LogP contribution in [0.1, 0.15) is 5.56 Å². The first-order valence-electron chi connectivity index (χ1n) is 10.3. The fourth-order valence-corrected chi connectivity index (χ4v) is 3.10. The molecule has 5 rings (SSSR count). The molecule has 0 fully saturated rings. The standard InChI is InChI=1S/C17H12N.C12H9FN.Ir/c1-3-7-14(8-4-1)16-11-12-17(18-13-16)15-9-5-2-6-10-15;1-9-2-7-12(14-8-9)10-3-5-11(13)6-4-10;/h1-9,11-13H;2-3,5-8H,1H3;/q2*-1;. The summed E-state index contributed by atoms with van der Waals surface area (Å²) in [6.45, 7) is 1.98. The third kappa shape index (κ3) is 6.76. The van der Waals surface area contributed by atoms with Crippen LogP contribution >= 0.6 is 0 Å². The zero-order valence-electron chi connectivity index (χ0n) is 18.0. The molecule has 2 aromatic heterocycles. The molecule has 33 heavy (non-hydrogen) atoms. The number of hydrogen-bond acceptors (Lipinski definition) is 2. The van der Waals surface area contributed by atoms with Crippen molar-refractivity contribution in [2.45, 2.75) is 6.92 Å². The van der Waals surface area contributed by atoms with E-state index in [9.17, 15) is 4.39 Å². The molecule has 0 bridgehead atoms. The minimum atomic E-state index is -0.277. The number of benzene rings is 3. The van der Waals surface area contributed by atoms with Gasteiger partial charge in [0.15, 0.2) is 0 Å². The van der Waals surface area contributed by atoms with E-state index in [4.69, 9.17) is 0 Å². The summed E-state index contributed by atoms with van der Waals surface area (Å²) in [6, 6.07) is 36.6. The predicted octanol–water partition coefficient (Wildman–Crippen LogP) is 7.21. The smallest absolute Gasteiger partial charge is 0.0379 e. The average molecular weight is 609 g/mol. The summed E-state index contributed by atoms with van der Waals surface area (Å²) in [5.74, 6) is -0.277. The van der Waals surface area contributed by atoms with Crippen molar-refractivity contribution in [3.63, 3.8) is 0 Å². The quantitative estimate of drug-likeness (QED) is 0.202. The third-order valence-corrected chi connectivity index (χ3v) is 4.82. The van der Waals surface area contributed by atoms with Crippen molar-refractivity contribution in [1.29, 1.82) is 0 Å². The average Bonchev–Trinajstić information content (AvgIpc) is 2.87. The van der Waals surface area contributed by atoms with Crippen LogP contribution < -0.4 is 0 Å². The van der Waals surface area contributed by atoms with Gasteiger partial charge in [-0.05, 0) is 35.0 Å². The zero-order valence-corrected chi connectivity index (χ0v) is 20.4. The van der Waals surface area contributed by atoms with Crippen molar-refractivity contribution in [3.8, 4) is 33.6 Å². The minimum absolute atomic E-state index is 0. The van der Waals surface area contributed by atoms with Gasteiger partial charge < -0.3 is 9.97 Å². The Labute approximate surface area is 207 Å². The molecular weight excluding hydrogens is 588 g/mol. The second-order valence-electron chi connectivity index (χ2n) is 7.22. The van der Waals surface area contributed by atoms with Crippen molar-refractivity contribution in [2.24, 2.45) is 0 Å². The van der Waals surface area contributed by atoms with E-state index in [0.717, 1.165) is 33.6 Å². The molecule has 0 aliphatic rings. The molecule has 0 aliphatic carbocycles. The van der Waals surface area contributed by atoms with E-state index >= 15 is 0 Å². The molecule has 0 amide bonds. The van der Waals surface area contributed by atoms with Crippen molar-refractivity contribution in [2.75, 3.05) is 0 Å². The molecule has 2 nitrogen and oxygen atoms in total. The second-order valence-corrected chi connectivity index (χ2v) is 7.22. The molecule has 5 aromatic rings. The van der Waals surface area contributed by atoms with Crippen molar-refractivity contribution < 1.29 is 24.5 Å². The van der Waals surface area contributed by atoms with Gasteiger partial charge in [0, 0.05) is 38.3 Å². The molecule has 0 atom stereocenters. The molecule has 1 radical (unpaired) electrons. The second kappa shape index (κ2) is 12.0. The molecule has 2 heterocycles. The Morgan fingerprint density at radius 1 is 0.636 bits per heavy atom. The van der Waals surface area contributed by atoms with Crippen LogP contribution in [0.4, 0.5) is 4.39 Å². The van der Waals surface area contributed by atoms with E-state index in [2.05, 4.69) is 40.3 Å². The first-order valence-corrected chi connectivity index (χ1v) is 10.3. The molecule has 0 N–H and O–H groups in total. The maximum absolute atomic E-state index is 12.6. The molecule has 0 unspecified atom stereocenters. The molecular formula is C29H21FIrN2-2. The molecule has 0 aliphatic heterocycles. The van der Waals surface area contributed by atoms with Gasteiger partial charge in [0.25, 0.3) is 0 Å². The first kappa shape index (κ1) is 24.2. The van der Waals surface area contributed by atoms with Gasteiger partial charge >= 0.3 is 0 Å². The van der Waals surface area contributed by atoms with Crippen LogP contribution in [-0.4, -0.2) is 9.97 Å². The fourth-order valence-electron chi connectivity index (χ4n) is 3.10. The van der Waals surface area contributed by atoms with Gasteiger partial charge in [-0.25, -0.2) is 0 Å². The van der Waals surface area contributed by atoms with E-state index < -0.39 is 0 Å². The van der Waals surface area contributed by atoms with Crippen LogP contribution in [0.2, 0.25) is 0 Å². The van der Waals surface area contributed by atoms with E-state index in [-0.39, 0.29) is 25.9 Å². The number of aromatic nitrogens is 2. The third-order valence-electron chi connectivity index (χ3n) is 4.82. The summed E-state index contributed by atoms with van der Waals surface area (Å²) in [5, 5.41) is 0. The number of hydrogen-bond donors (Lipinski definition) is 0. The summed E-state index contributed by atoms with van der Waals surface area (Å²) in [5.41, 5.74) is 7.04. The topological polar surface area (TPSA) is 25.8 Å². The Bertz CT molecular complexity index is 1140. The largest absolute Gasteiger partial charge is 0.304 e. The molecule has 4 heteroatoms. The van der Waals surface area contributed by atoms with Crippen LogP contribution in [0, 0.1) is 24.9 Å². The SMILES string of the molecule is Cc1ccc(-c2[c-]cc(F)cc2)nc1.[Ir].[c-]1ccccc1-c1ccc(-c2ccccc2)cn1. The van der Waals surface area contributed by atoms with Crippen molar-refractivity contribution >= 4 is 0 Å². The number of nitrogens with zero attached hydrogens (tertiary/aromatic N) is 2. The van der Waals surface area contributed by atoms with E-state index in [1.54, 1.807) is 12.3 Å². The van der Waals surface area contributed by atoms with Crippen LogP contribution in [0.5, 0.6) is 0 Å². The zero-order chi connectivity index (χ0) is 22.2. The Balaban J connectivity index is 0.000000186. The molecule has 0 spiro atoms. The van der Waals surface area contributed by atoms with Gasteiger partial charge in [-0.2, -0.15) is 0 Å². The number of aryl methyl sites for hydroxylation is 1. The Morgan fingerprint density at radius 2 is 1.33 bits per heavy atom. The maximum Gasteiger partial charge on any atom is 0.0379 e. The number of halogens is 1. The maximum atomic E-state index is 12.6. The molecule has 0 saturated carbocycles. The van der Waals surface area contributed by atoms with Crippen molar-refractivity contribution in [1.82, 2.24) is 9.97 Å². The number of rotatable bonds is 3. The normalized spacial score (nSPS) is 9.88. The predicted molar refractivity (Wildman–Crippen MR) is 127 cm³/mol. The van der Waals surface area contributed by atoms with Gasteiger partial charge in [0.2, 0.25) is 0 Å². The van der Waals surface area contributed by atoms with Crippen LogP contribution in [0.25, 0.3) is 33.6 Å². The molecule has 3 aromatic carbocycles. The summed E-state index contributed by atoms with van der Waals surface area (Å²) in [6.07, 6.45) is 3.69. The van der Waals surface area contributed by atoms with Gasteiger partial charge in [0.05, 0.1) is 0 Å². The monoisotopic (exact) mass is 609 g/mol. The minimum Gasteiger partial charge on any atom is -0.304 e. The first-order chi connectivity index (χ1) is 15.7. The molecule has 165 valence electrons. The van der Waals surface area contributed by atoms with E-state index in [0.29, 0.717) is 0 Å². The van der Waals surface area contributed by atoms with Crippen LogP contribution in [0.15, 0.2) is 109 Å². The van der Waals surface area contributed by atoms with Crippen LogP contribution in [-0.2, 0) is 20.1 Å². The summed E-state index contributed by atoms with van der Waals surface area (Å²) in [7, 11) is 0. The summed E-state index contributed by atoms with van der Waals surface area (Å²) in [4.78, 5) is 8.72. The van der Waals surface area contributed by atoms with Gasteiger partial charge in [0.1, 0.15) is 0 Å². The van der Waals surface area contributed by atoms with Gasteiger partial charge in [-0.15, -0.1) is 65.7 Å². The molecule has 0 saturated heterocycles. The van der Waals surface area contributed by atoms with Gasteiger partial charge in [-0.3, -0.25) is 4.39 Å². The van der Waals surface area contributed by atoms with E-state index in [1.807, 2.05) is 73.8 Å². The Hall–Kier alpha value is -3.46. The van der Waals surface area contributed by atoms with Crippen molar-refractivity contribution in [3.05, 3.63) is 133 Å².